The lowest BCUT2D eigenvalue weighted by Crippen LogP contribution is -2.11. The summed E-state index contributed by atoms with van der Waals surface area (Å²) in [6.45, 7) is 2.54. The van der Waals surface area contributed by atoms with Gasteiger partial charge in [0.1, 0.15) is 22.7 Å². The molecule has 2 N–H and O–H groups in total. The molecule has 2 aromatic heterocycles. The van der Waals surface area contributed by atoms with Gasteiger partial charge in [0.25, 0.3) is 0 Å². The van der Waals surface area contributed by atoms with Gasteiger partial charge in [-0.15, -0.1) is 0 Å². The van der Waals surface area contributed by atoms with Crippen molar-refractivity contribution in [1.82, 2.24) is 14.5 Å². The average molecular weight is 378 g/mol. The number of esters is 1. The number of carbonyl (C=O) groups excluding carboxylic acids is 1. The minimum absolute atomic E-state index is 0.212. The van der Waals surface area contributed by atoms with Gasteiger partial charge in [-0.2, -0.15) is 0 Å². The van der Waals surface area contributed by atoms with E-state index >= 15 is 0 Å². The maximum absolute atomic E-state index is 13.2. The first-order chi connectivity index (χ1) is 13.6. The van der Waals surface area contributed by atoms with Gasteiger partial charge < -0.3 is 15.0 Å². The van der Waals surface area contributed by atoms with Gasteiger partial charge in [-0.25, -0.2) is 19.2 Å². The number of halogens is 1. The monoisotopic (exact) mass is 378 g/mol. The molecule has 7 heteroatoms. The molecule has 0 aliphatic carbocycles. The molecule has 0 atom stereocenters. The van der Waals surface area contributed by atoms with Crippen molar-refractivity contribution in [2.45, 2.75) is 19.9 Å². The van der Waals surface area contributed by atoms with Crippen molar-refractivity contribution in [3.05, 3.63) is 65.5 Å². The highest BCUT2D eigenvalue weighted by Gasteiger charge is 2.25. The van der Waals surface area contributed by atoms with Crippen molar-refractivity contribution in [1.29, 1.82) is 0 Å². The minimum atomic E-state index is -0.521. The number of anilines is 1. The summed E-state index contributed by atoms with van der Waals surface area (Å²) in [4.78, 5) is 21.9. The summed E-state index contributed by atoms with van der Waals surface area (Å²) in [7, 11) is 0. The van der Waals surface area contributed by atoms with Crippen LogP contribution in [0.15, 0.2) is 48.5 Å². The van der Waals surface area contributed by atoms with Gasteiger partial charge in [0.2, 0.25) is 0 Å². The number of nitrogens with zero attached hydrogens (tertiary/aromatic N) is 3. The summed E-state index contributed by atoms with van der Waals surface area (Å²) in [5.41, 5.74) is 9.63. The number of nitrogen functional groups attached to an aromatic ring is 1. The Labute approximate surface area is 160 Å². The maximum atomic E-state index is 13.2. The van der Waals surface area contributed by atoms with Gasteiger partial charge in [0, 0.05) is 0 Å². The Morgan fingerprint density at radius 3 is 2.46 bits per heavy atom. The first-order valence-electron chi connectivity index (χ1n) is 9.04. The van der Waals surface area contributed by atoms with E-state index in [1.807, 2.05) is 31.2 Å². The Bertz CT molecular complexity index is 1170. The number of ether oxygens (including phenoxy) is 1. The van der Waals surface area contributed by atoms with E-state index in [-0.39, 0.29) is 17.2 Å². The first-order valence-corrected chi connectivity index (χ1v) is 9.04. The predicted octanol–water partition coefficient (Wildman–Crippen LogP) is 3.92. The summed E-state index contributed by atoms with van der Waals surface area (Å²) in [6.07, 6.45) is 0.703. The quantitative estimate of drug-likeness (QED) is 0.532. The lowest BCUT2D eigenvalue weighted by Gasteiger charge is -2.08. The Balaban J connectivity index is 1.91. The number of hydrogen-bond acceptors (Lipinski definition) is 5. The molecule has 4 rings (SSSR count). The molecule has 0 spiro atoms. The van der Waals surface area contributed by atoms with E-state index in [1.165, 1.54) is 12.1 Å². The topological polar surface area (TPSA) is 83.0 Å². The second-order valence-electron chi connectivity index (χ2n) is 6.49. The zero-order valence-corrected chi connectivity index (χ0v) is 15.4. The highest BCUT2D eigenvalue weighted by atomic mass is 19.1. The van der Waals surface area contributed by atoms with Crippen LogP contribution in [-0.4, -0.2) is 27.1 Å². The molecule has 0 fully saturated rings. The van der Waals surface area contributed by atoms with E-state index < -0.39 is 5.97 Å². The molecule has 0 radical (unpaired) electrons. The lowest BCUT2D eigenvalue weighted by atomic mass is 10.2. The molecule has 2 aromatic carbocycles. The van der Waals surface area contributed by atoms with E-state index in [1.54, 1.807) is 16.7 Å². The fraction of sp³-hybridized carbons (Fsp3) is 0.190. The number of para-hydroxylation sites is 2. The van der Waals surface area contributed by atoms with Crippen LogP contribution in [0.3, 0.4) is 0 Å². The third-order valence-electron chi connectivity index (χ3n) is 4.49. The number of hydrogen-bond donors (Lipinski definition) is 1. The van der Waals surface area contributed by atoms with Crippen LogP contribution in [0, 0.1) is 5.82 Å². The molecular formula is C21H19FN4O2. The Morgan fingerprint density at radius 2 is 1.79 bits per heavy atom. The molecular weight excluding hydrogens is 359 g/mol. The first kappa shape index (κ1) is 17.9. The van der Waals surface area contributed by atoms with Crippen molar-refractivity contribution in [3.8, 4) is 0 Å². The van der Waals surface area contributed by atoms with Crippen molar-refractivity contribution >= 4 is 34.0 Å². The molecule has 0 bridgehead atoms. The minimum Gasteiger partial charge on any atom is -0.462 e. The number of nitrogens with two attached hydrogens (primary N) is 1. The molecule has 0 amide bonds. The van der Waals surface area contributed by atoms with Crippen LogP contribution >= 0.6 is 0 Å². The molecule has 0 unspecified atom stereocenters. The summed E-state index contributed by atoms with van der Waals surface area (Å²) in [6, 6.07) is 13.5. The second kappa shape index (κ2) is 7.26. The molecule has 142 valence electrons. The van der Waals surface area contributed by atoms with Crippen molar-refractivity contribution < 1.29 is 13.9 Å². The highest BCUT2D eigenvalue weighted by molar-refractivity contribution is 6.08. The largest absolute Gasteiger partial charge is 0.462 e. The van der Waals surface area contributed by atoms with Crippen molar-refractivity contribution in [2.75, 3.05) is 12.3 Å². The molecule has 28 heavy (non-hydrogen) atoms. The number of aromatic nitrogens is 3. The van der Waals surface area contributed by atoms with Crippen LogP contribution in [0.4, 0.5) is 10.2 Å². The maximum Gasteiger partial charge on any atom is 0.344 e. The molecule has 0 saturated carbocycles. The van der Waals surface area contributed by atoms with Crippen molar-refractivity contribution in [2.24, 2.45) is 0 Å². The number of fused-ring (bicyclic) bond motifs is 2. The van der Waals surface area contributed by atoms with E-state index in [4.69, 9.17) is 10.5 Å². The standard InChI is InChI=1S/C21H19FN4O2/c1-2-11-28-21(27)17-18-20(25-16-6-4-3-5-15(16)24-18)26(19(17)23)12-13-7-9-14(22)10-8-13/h3-10H,2,11-12,23H2,1H3. The fourth-order valence-electron chi connectivity index (χ4n) is 3.12. The SMILES string of the molecule is CCCOC(=O)c1c(N)n(Cc2ccc(F)cc2)c2nc3ccccc3nc12. The van der Waals surface area contributed by atoms with Crippen LogP contribution in [0.1, 0.15) is 29.3 Å². The normalized spacial score (nSPS) is 11.2. The summed E-state index contributed by atoms with van der Waals surface area (Å²) < 4.78 is 20.3. The smallest absolute Gasteiger partial charge is 0.344 e. The highest BCUT2D eigenvalue weighted by Crippen LogP contribution is 2.29. The fourth-order valence-corrected chi connectivity index (χ4v) is 3.12. The Kier molecular flexibility index (Phi) is 4.65. The third-order valence-corrected chi connectivity index (χ3v) is 4.49. The third kappa shape index (κ3) is 3.15. The van der Waals surface area contributed by atoms with E-state index in [9.17, 15) is 9.18 Å². The summed E-state index contributed by atoms with van der Waals surface area (Å²) in [5, 5.41) is 0. The molecule has 6 nitrogen and oxygen atoms in total. The number of rotatable bonds is 5. The number of benzene rings is 2. The molecule has 0 aliphatic rings. The summed E-state index contributed by atoms with van der Waals surface area (Å²) >= 11 is 0. The van der Waals surface area contributed by atoms with Crippen LogP contribution in [0.25, 0.3) is 22.2 Å². The zero-order valence-electron chi connectivity index (χ0n) is 15.4. The molecule has 0 aliphatic heterocycles. The average Bonchev–Trinajstić information content (AvgIpc) is 2.97. The number of carbonyl (C=O) groups is 1. The van der Waals surface area contributed by atoms with Crippen molar-refractivity contribution in [3.63, 3.8) is 0 Å². The van der Waals surface area contributed by atoms with Gasteiger partial charge in [-0.1, -0.05) is 31.2 Å². The van der Waals surface area contributed by atoms with Gasteiger partial charge in [0.15, 0.2) is 5.65 Å². The van der Waals surface area contributed by atoms with Crippen LogP contribution in [0.5, 0.6) is 0 Å². The van der Waals surface area contributed by atoms with Crippen LogP contribution < -0.4 is 5.73 Å². The Morgan fingerprint density at radius 1 is 1.11 bits per heavy atom. The van der Waals surface area contributed by atoms with Crippen LogP contribution in [-0.2, 0) is 11.3 Å². The second-order valence-corrected chi connectivity index (χ2v) is 6.49. The van der Waals surface area contributed by atoms with Crippen LogP contribution in [0.2, 0.25) is 0 Å². The predicted molar refractivity (Wildman–Crippen MR) is 106 cm³/mol. The Hall–Kier alpha value is -3.48. The zero-order chi connectivity index (χ0) is 19.7. The molecule has 2 heterocycles. The van der Waals surface area contributed by atoms with Gasteiger partial charge >= 0.3 is 5.97 Å². The van der Waals surface area contributed by atoms with E-state index in [0.717, 1.165) is 5.56 Å². The van der Waals surface area contributed by atoms with Gasteiger partial charge in [-0.3, -0.25) is 0 Å². The van der Waals surface area contributed by atoms with Gasteiger partial charge in [-0.05, 0) is 36.2 Å². The molecule has 4 aromatic rings. The lowest BCUT2D eigenvalue weighted by molar-refractivity contribution is 0.0508. The molecule has 0 saturated heterocycles. The van der Waals surface area contributed by atoms with Gasteiger partial charge in [0.05, 0.1) is 24.2 Å². The van der Waals surface area contributed by atoms with E-state index in [0.29, 0.717) is 41.8 Å². The van der Waals surface area contributed by atoms with E-state index in [2.05, 4.69) is 9.97 Å². The summed E-state index contributed by atoms with van der Waals surface area (Å²) in [5.74, 6) is -0.605.